The van der Waals surface area contributed by atoms with Gasteiger partial charge in [-0.2, -0.15) is 11.8 Å². The summed E-state index contributed by atoms with van der Waals surface area (Å²) in [6.07, 6.45) is 0. The van der Waals surface area contributed by atoms with Gasteiger partial charge in [0.05, 0.1) is 5.02 Å². The Kier molecular flexibility index (Phi) is 3.24. The molecular weight excluding hydrogens is 233 g/mol. The van der Waals surface area contributed by atoms with Crippen LogP contribution in [0.2, 0.25) is 5.02 Å². The van der Waals surface area contributed by atoms with Gasteiger partial charge in [0, 0.05) is 11.8 Å². The van der Waals surface area contributed by atoms with Crippen molar-refractivity contribution in [3.8, 4) is 0 Å². The summed E-state index contributed by atoms with van der Waals surface area (Å²) < 4.78 is 13.3. The maximum Gasteiger partial charge on any atom is 0.142 e. The van der Waals surface area contributed by atoms with Crippen molar-refractivity contribution in [1.82, 2.24) is 0 Å². The van der Waals surface area contributed by atoms with E-state index in [0.717, 1.165) is 22.6 Å². The van der Waals surface area contributed by atoms with Gasteiger partial charge in [-0.15, -0.1) is 0 Å². The van der Waals surface area contributed by atoms with Crippen LogP contribution in [0.4, 0.5) is 4.39 Å². The highest BCUT2D eigenvalue weighted by Gasteiger charge is 2.24. The fraction of sp³-hybridized carbons (Fsp3) is 0.455. The lowest BCUT2D eigenvalue weighted by Gasteiger charge is -2.18. The van der Waals surface area contributed by atoms with Crippen LogP contribution in [0.1, 0.15) is 24.1 Å². The smallest absolute Gasteiger partial charge is 0.142 e. The van der Waals surface area contributed by atoms with Crippen LogP contribution in [-0.2, 0) is 5.75 Å². The first-order chi connectivity index (χ1) is 7.11. The third-order valence-corrected chi connectivity index (χ3v) is 4.49. The van der Waals surface area contributed by atoms with E-state index in [0.29, 0.717) is 5.92 Å². The summed E-state index contributed by atoms with van der Waals surface area (Å²) >= 11 is 7.71. The Morgan fingerprint density at radius 3 is 3.00 bits per heavy atom. The van der Waals surface area contributed by atoms with Gasteiger partial charge in [-0.25, -0.2) is 4.39 Å². The Labute approximate surface area is 98.2 Å². The number of halogens is 2. The molecule has 0 radical (unpaired) electrons. The van der Waals surface area contributed by atoms with Crippen molar-refractivity contribution in [3.63, 3.8) is 0 Å². The standard InChI is InChI=1S/C11H13ClFNS/c1-6-4-15-5-8-7(11(6)14)2-3-9(13)10(8)12/h2-3,6,11H,4-5,14H2,1H3. The van der Waals surface area contributed by atoms with Crippen LogP contribution in [0.15, 0.2) is 12.1 Å². The van der Waals surface area contributed by atoms with Gasteiger partial charge >= 0.3 is 0 Å². The Morgan fingerprint density at radius 2 is 2.27 bits per heavy atom. The molecule has 0 bridgehead atoms. The average molecular weight is 246 g/mol. The zero-order valence-electron chi connectivity index (χ0n) is 8.47. The topological polar surface area (TPSA) is 26.0 Å². The highest BCUT2D eigenvalue weighted by atomic mass is 35.5. The number of rotatable bonds is 0. The average Bonchev–Trinajstić information content (AvgIpc) is 2.35. The summed E-state index contributed by atoms with van der Waals surface area (Å²) in [6, 6.07) is 3.14. The number of hydrogen-bond donors (Lipinski definition) is 1. The molecule has 2 N–H and O–H groups in total. The first-order valence-electron chi connectivity index (χ1n) is 4.91. The molecule has 0 saturated heterocycles. The van der Waals surface area contributed by atoms with Gasteiger partial charge in [-0.05, 0) is 28.9 Å². The molecule has 0 amide bonds. The molecule has 82 valence electrons. The molecule has 1 aromatic rings. The zero-order valence-corrected chi connectivity index (χ0v) is 10.0. The molecule has 1 heterocycles. The molecule has 2 atom stereocenters. The predicted molar refractivity (Wildman–Crippen MR) is 63.7 cm³/mol. The minimum Gasteiger partial charge on any atom is -0.324 e. The maximum absolute atomic E-state index is 13.3. The lowest BCUT2D eigenvalue weighted by Crippen LogP contribution is -2.20. The second-order valence-corrected chi connectivity index (χ2v) is 5.36. The van der Waals surface area contributed by atoms with Crippen molar-refractivity contribution in [1.29, 1.82) is 0 Å². The summed E-state index contributed by atoms with van der Waals surface area (Å²) in [7, 11) is 0. The molecule has 1 nitrogen and oxygen atoms in total. The Hall–Kier alpha value is -0.250. The molecule has 2 unspecified atom stereocenters. The molecule has 0 saturated carbocycles. The van der Waals surface area contributed by atoms with Gasteiger partial charge in [0.2, 0.25) is 0 Å². The van der Waals surface area contributed by atoms with Gasteiger partial charge in [0.25, 0.3) is 0 Å². The van der Waals surface area contributed by atoms with Gasteiger partial charge in [0.1, 0.15) is 5.82 Å². The van der Waals surface area contributed by atoms with Crippen LogP contribution in [0.25, 0.3) is 0 Å². The summed E-state index contributed by atoms with van der Waals surface area (Å²) in [5.74, 6) is 1.80. The Morgan fingerprint density at radius 1 is 1.53 bits per heavy atom. The van der Waals surface area contributed by atoms with E-state index >= 15 is 0 Å². The van der Waals surface area contributed by atoms with Crippen molar-refractivity contribution in [2.24, 2.45) is 11.7 Å². The van der Waals surface area contributed by atoms with E-state index < -0.39 is 0 Å². The van der Waals surface area contributed by atoms with E-state index in [4.69, 9.17) is 17.3 Å². The number of benzene rings is 1. The molecule has 15 heavy (non-hydrogen) atoms. The summed E-state index contributed by atoms with van der Waals surface area (Å²) in [6.45, 7) is 2.12. The number of thioether (sulfide) groups is 1. The minimum absolute atomic E-state index is 0.0342. The molecule has 1 aliphatic heterocycles. The fourth-order valence-electron chi connectivity index (χ4n) is 1.82. The largest absolute Gasteiger partial charge is 0.324 e. The third-order valence-electron chi connectivity index (χ3n) is 2.83. The number of fused-ring (bicyclic) bond motifs is 1. The van der Waals surface area contributed by atoms with Crippen LogP contribution in [0.5, 0.6) is 0 Å². The molecule has 2 rings (SSSR count). The Bertz CT molecular complexity index is 383. The van der Waals surface area contributed by atoms with Crippen molar-refractivity contribution in [3.05, 3.63) is 34.1 Å². The zero-order chi connectivity index (χ0) is 11.0. The number of nitrogens with two attached hydrogens (primary N) is 1. The first-order valence-corrected chi connectivity index (χ1v) is 6.44. The van der Waals surface area contributed by atoms with Crippen molar-refractivity contribution in [2.75, 3.05) is 5.75 Å². The normalized spacial score (nSPS) is 25.9. The molecule has 0 spiro atoms. The van der Waals surface area contributed by atoms with Crippen LogP contribution < -0.4 is 5.73 Å². The van der Waals surface area contributed by atoms with E-state index in [1.54, 1.807) is 17.8 Å². The van der Waals surface area contributed by atoms with Crippen LogP contribution in [-0.4, -0.2) is 5.75 Å². The molecule has 0 aliphatic carbocycles. The van der Waals surface area contributed by atoms with Crippen LogP contribution >= 0.6 is 23.4 Å². The third kappa shape index (κ3) is 2.01. The Balaban J connectivity index is 2.53. The highest BCUT2D eigenvalue weighted by molar-refractivity contribution is 7.98. The predicted octanol–water partition coefficient (Wildman–Crippen LogP) is 3.36. The monoisotopic (exact) mass is 245 g/mol. The number of hydrogen-bond acceptors (Lipinski definition) is 2. The van der Waals surface area contributed by atoms with Gasteiger partial charge in [-0.1, -0.05) is 24.6 Å². The van der Waals surface area contributed by atoms with Gasteiger partial charge in [-0.3, -0.25) is 0 Å². The summed E-state index contributed by atoms with van der Waals surface area (Å²) in [5.41, 5.74) is 7.99. The second kappa shape index (κ2) is 4.32. The van der Waals surface area contributed by atoms with Crippen molar-refractivity contribution in [2.45, 2.75) is 18.7 Å². The van der Waals surface area contributed by atoms with Crippen LogP contribution in [0, 0.1) is 11.7 Å². The highest BCUT2D eigenvalue weighted by Crippen LogP contribution is 2.37. The van der Waals surface area contributed by atoms with Crippen LogP contribution in [0.3, 0.4) is 0 Å². The minimum atomic E-state index is -0.349. The summed E-state index contributed by atoms with van der Waals surface area (Å²) in [4.78, 5) is 0. The van der Waals surface area contributed by atoms with E-state index in [1.165, 1.54) is 6.07 Å². The quantitative estimate of drug-likeness (QED) is 0.759. The van der Waals surface area contributed by atoms with E-state index in [2.05, 4.69) is 6.92 Å². The van der Waals surface area contributed by atoms with Gasteiger partial charge in [0.15, 0.2) is 0 Å². The molecule has 1 aromatic carbocycles. The summed E-state index contributed by atoms with van der Waals surface area (Å²) in [5, 5.41) is 0.240. The van der Waals surface area contributed by atoms with Crippen molar-refractivity contribution < 1.29 is 4.39 Å². The second-order valence-electron chi connectivity index (χ2n) is 3.95. The van der Waals surface area contributed by atoms with E-state index in [-0.39, 0.29) is 16.9 Å². The lowest BCUT2D eigenvalue weighted by atomic mass is 9.93. The van der Waals surface area contributed by atoms with Gasteiger partial charge < -0.3 is 5.73 Å². The van der Waals surface area contributed by atoms with E-state index in [9.17, 15) is 4.39 Å². The molecular formula is C11H13ClFNS. The molecule has 4 heteroatoms. The SMILES string of the molecule is CC1CSCc2c(ccc(F)c2Cl)C1N. The molecule has 0 fully saturated rings. The molecule has 0 aromatic heterocycles. The van der Waals surface area contributed by atoms with E-state index in [1.807, 2.05) is 0 Å². The maximum atomic E-state index is 13.3. The lowest BCUT2D eigenvalue weighted by molar-refractivity contribution is 0.522. The molecule has 1 aliphatic rings. The fourth-order valence-corrected chi connectivity index (χ4v) is 3.35. The van der Waals surface area contributed by atoms with Crippen molar-refractivity contribution >= 4 is 23.4 Å². The first kappa shape index (κ1) is 11.2.